The van der Waals surface area contributed by atoms with Crippen LogP contribution in [0.25, 0.3) is 0 Å². The molecule has 90 valence electrons. The maximum absolute atomic E-state index is 11.8. The standard InChI is InChI=1S/C12H19NO2S/c1-16-11-4-2-9(3-5-11)13-7-6-10(14)8-12(13)15/h9,11H,2-8H2,1H3. The molecular weight excluding hydrogens is 222 g/mol. The molecule has 0 aromatic heterocycles. The van der Waals surface area contributed by atoms with Crippen molar-refractivity contribution < 1.29 is 9.59 Å². The quantitative estimate of drug-likeness (QED) is 0.692. The molecule has 2 fully saturated rings. The minimum Gasteiger partial charge on any atom is -0.339 e. The van der Waals surface area contributed by atoms with Crippen molar-refractivity contribution in [2.45, 2.75) is 49.8 Å². The van der Waals surface area contributed by atoms with E-state index in [0.717, 1.165) is 18.1 Å². The topological polar surface area (TPSA) is 37.4 Å². The van der Waals surface area contributed by atoms with E-state index in [-0.39, 0.29) is 18.1 Å². The largest absolute Gasteiger partial charge is 0.339 e. The van der Waals surface area contributed by atoms with Gasteiger partial charge in [-0.1, -0.05) is 0 Å². The second-order valence-electron chi connectivity index (χ2n) is 4.72. The Morgan fingerprint density at radius 2 is 1.88 bits per heavy atom. The fraction of sp³-hybridized carbons (Fsp3) is 0.833. The monoisotopic (exact) mass is 241 g/mol. The van der Waals surface area contributed by atoms with Gasteiger partial charge in [0, 0.05) is 24.3 Å². The number of nitrogens with zero attached hydrogens (tertiary/aromatic N) is 1. The van der Waals surface area contributed by atoms with Crippen LogP contribution in [0.4, 0.5) is 0 Å². The highest BCUT2D eigenvalue weighted by Crippen LogP contribution is 2.30. The minimum atomic E-state index is 0.0591. The molecule has 1 heterocycles. The highest BCUT2D eigenvalue weighted by Gasteiger charge is 2.32. The van der Waals surface area contributed by atoms with Crippen molar-refractivity contribution in [1.29, 1.82) is 0 Å². The van der Waals surface area contributed by atoms with Crippen LogP contribution in [-0.2, 0) is 9.59 Å². The highest BCUT2D eigenvalue weighted by atomic mass is 32.2. The molecule has 1 aliphatic carbocycles. The summed E-state index contributed by atoms with van der Waals surface area (Å²) in [5.41, 5.74) is 0. The molecule has 0 atom stereocenters. The molecule has 0 unspecified atom stereocenters. The molecule has 1 aliphatic heterocycles. The van der Waals surface area contributed by atoms with Gasteiger partial charge in [-0.25, -0.2) is 0 Å². The number of piperidine rings is 1. The normalized spacial score (nSPS) is 31.9. The summed E-state index contributed by atoms with van der Waals surface area (Å²) in [5.74, 6) is 0.169. The zero-order valence-electron chi connectivity index (χ0n) is 9.78. The Hall–Kier alpha value is -0.510. The second kappa shape index (κ2) is 5.21. The van der Waals surface area contributed by atoms with Gasteiger partial charge in [0.15, 0.2) is 0 Å². The first kappa shape index (κ1) is 12.0. The Balaban J connectivity index is 1.89. The van der Waals surface area contributed by atoms with Gasteiger partial charge in [-0.2, -0.15) is 11.8 Å². The van der Waals surface area contributed by atoms with Crippen molar-refractivity contribution in [3.05, 3.63) is 0 Å². The van der Waals surface area contributed by atoms with Crippen LogP contribution in [0.1, 0.15) is 38.5 Å². The van der Waals surface area contributed by atoms with Crippen molar-refractivity contribution >= 4 is 23.5 Å². The number of carbonyl (C=O) groups excluding carboxylic acids is 2. The average Bonchev–Trinajstić information content (AvgIpc) is 2.29. The summed E-state index contributed by atoms with van der Waals surface area (Å²) in [6.45, 7) is 0.659. The molecule has 0 aromatic carbocycles. The summed E-state index contributed by atoms with van der Waals surface area (Å²) in [6, 6.07) is 0.406. The fourth-order valence-electron chi connectivity index (χ4n) is 2.71. The van der Waals surface area contributed by atoms with E-state index in [0.29, 0.717) is 19.0 Å². The lowest BCUT2D eigenvalue weighted by molar-refractivity contribution is -0.142. The van der Waals surface area contributed by atoms with Crippen LogP contribution in [0.2, 0.25) is 0 Å². The summed E-state index contributed by atoms with van der Waals surface area (Å²) in [6.07, 6.45) is 7.52. The molecule has 0 aromatic rings. The fourth-order valence-corrected chi connectivity index (χ4v) is 3.45. The number of likely N-dealkylation sites (tertiary alicyclic amines) is 1. The molecule has 2 rings (SSSR count). The molecule has 1 saturated carbocycles. The van der Waals surface area contributed by atoms with E-state index in [1.165, 1.54) is 12.8 Å². The van der Waals surface area contributed by atoms with Crippen LogP contribution >= 0.6 is 11.8 Å². The van der Waals surface area contributed by atoms with Crippen LogP contribution in [0.15, 0.2) is 0 Å². The maximum atomic E-state index is 11.8. The first-order valence-electron chi connectivity index (χ1n) is 6.04. The number of carbonyl (C=O) groups is 2. The lowest BCUT2D eigenvalue weighted by Crippen LogP contribution is -2.47. The predicted molar refractivity (Wildman–Crippen MR) is 65.5 cm³/mol. The number of rotatable bonds is 2. The van der Waals surface area contributed by atoms with E-state index in [4.69, 9.17) is 0 Å². The second-order valence-corrected chi connectivity index (χ2v) is 5.86. The molecular formula is C12H19NO2S. The third-order valence-corrected chi connectivity index (χ3v) is 4.86. The number of thioether (sulfide) groups is 1. The van der Waals surface area contributed by atoms with Crippen LogP contribution in [-0.4, -0.2) is 40.7 Å². The molecule has 0 spiro atoms. The van der Waals surface area contributed by atoms with Crippen LogP contribution in [0, 0.1) is 0 Å². The zero-order chi connectivity index (χ0) is 11.5. The maximum Gasteiger partial charge on any atom is 0.230 e. The Labute approximate surface area is 101 Å². The SMILES string of the molecule is CSC1CCC(N2CCC(=O)CC2=O)CC1. The van der Waals surface area contributed by atoms with Gasteiger partial charge in [0.25, 0.3) is 0 Å². The van der Waals surface area contributed by atoms with Gasteiger partial charge in [0.2, 0.25) is 5.91 Å². The first-order valence-corrected chi connectivity index (χ1v) is 7.33. The van der Waals surface area contributed by atoms with Gasteiger partial charge in [0.05, 0.1) is 6.42 Å². The molecule has 1 amide bonds. The van der Waals surface area contributed by atoms with Crippen molar-refractivity contribution in [3.63, 3.8) is 0 Å². The Kier molecular flexibility index (Phi) is 3.90. The van der Waals surface area contributed by atoms with Crippen LogP contribution in [0.3, 0.4) is 0 Å². The van der Waals surface area contributed by atoms with Gasteiger partial charge in [0.1, 0.15) is 5.78 Å². The van der Waals surface area contributed by atoms with Crippen LogP contribution < -0.4 is 0 Å². The van der Waals surface area contributed by atoms with Crippen molar-refractivity contribution in [2.24, 2.45) is 0 Å². The first-order chi connectivity index (χ1) is 7.70. The number of hydrogen-bond acceptors (Lipinski definition) is 3. The lowest BCUT2D eigenvalue weighted by atomic mass is 9.92. The van der Waals surface area contributed by atoms with E-state index < -0.39 is 0 Å². The summed E-state index contributed by atoms with van der Waals surface area (Å²) in [5, 5.41) is 0.776. The van der Waals surface area contributed by atoms with Crippen molar-refractivity contribution in [2.75, 3.05) is 12.8 Å². The smallest absolute Gasteiger partial charge is 0.230 e. The Morgan fingerprint density at radius 3 is 2.44 bits per heavy atom. The van der Waals surface area contributed by atoms with E-state index in [1.54, 1.807) is 0 Å². The summed E-state index contributed by atoms with van der Waals surface area (Å²) in [7, 11) is 0. The lowest BCUT2D eigenvalue weighted by Gasteiger charge is -2.38. The zero-order valence-corrected chi connectivity index (χ0v) is 10.6. The Morgan fingerprint density at radius 1 is 1.19 bits per heavy atom. The number of Topliss-reactive ketones (excluding diaryl/α,β-unsaturated/α-hetero) is 1. The predicted octanol–water partition coefficient (Wildman–Crippen LogP) is 1.85. The number of ketones is 1. The van der Waals surface area contributed by atoms with E-state index in [1.807, 2.05) is 16.7 Å². The summed E-state index contributed by atoms with van der Waals surface area (Å²) in [4.78, 5) is 24.9. The average molecular weight is 241 g/mol. The van der Waals surface area contributed by atoms with E-state index in [9.17, 15) is 9.59 Å². The van der Waals surface area contributed by atoms with Crippen molar-refractivity contribution in [3.8, 4) is 0 Å². The van der Waals surface area contributed by atoms with E-state index >= 15 is 0 Å². The number of hydrogen-bond donors (Lipinski definition) is 0. The van der Waals surface area contributed by atoms with Gasteiger partial charge in [-0.3, -0.25) is 9.59 Å². The van der Waals surface area contributed by atoms with E-state index in [2.05, 4.69) is 6.26 Å². The molecule has 1 saturated heterocycles. The summed E-state index contributed by atoms with van der Waals surface area (Å²) < 4.78 is 0. The summed E-state index contributed by atoms with van der Waals surface area (Å²) >= 11 is 1.94. The van der Waals surface area contributed by atoms with Crippen LogP contribution in [0.5, 0.6) is 0 Å². The van der Waals surface area contributed by atoms with Crippen molar-refractivity contribution in [1.82, 2.24) is 4.90 Å². The van der Waals surface area contributed by atoms with Gasteiger partial charge in [-0.15, -0.1) is 0 Å². The Bertz CT molecular complexity index is 285. The highest BCUT2D eigenvalue weighted by molar-refractivity contribution is 7.99. The molecule has 0 radical (unpaired) electrons. The minimum absolute atomic E-state index is 0.0591. The molecule has 0 bridgehead atoms. The molecule has 3 nitrogen and oxygen atoms in total. The third kappa shape index (κ3) is 2.59. The third-order valence-electron chi connectivity index (χ3n) is 3.72. The van der Waals surface area contributed by atoms with Gasteiger partial charge in [-0.05, 0) is 31.9 Å². The molecule has 2 aliphatic rings. The number of amides is 1. The van der Waals surface area contributed by atoms with Gasteiger partial charge >= 0.3 is 0 Å². The van der Waals surface area contributed by atoms with Gasteiger partial charge < -0.3 is 4.90 Å². The molecule has 4 heteroatoms. The molecule has 0 N–H and O–H groups in total. The molecule has 16 heavy (non-hydrogen) atoms.